The lowest BCUT2D eigenvalue weighted by Gasteiger charge is -2.12. The number of methoxy groups -OCH3 is 2. The van der Waals surface area contributed by atoms with Crippen LogP contribution >= 0.6 is 0 Å². The highest BCUT2D eigenvalue weighted by Crippen LogP contribution is 2.29. The highest BCUT2D eigenvalue weighted by molar-refractivity contribution is 5.90. The summed E-state index contributed by atoms with van der Waals surface area (Å²) in [7, 11) is 3.10. The summed E-state index contributed by atoms with van der Waals surface area (Å²) in [6.45, 7) is 0.379. The van der Waals surface area contributed by atoms with Gasteiger partial charge >= 0.3 is 6.03 Å². The van der Waals surface area contributed by atoms with Crippen LogP contribution in [0.15, 0.2) is 48.7 Å². The minimum Gasteiger partial charge on any atom is -0.497 e. The third kappa shape index (κ3) is 5.99. The molecule has 0 saturated heterocycles. The summed E-state index contributed by atoms with van der Waals surface area (Å²) >= 11 is 0. The quantitative estimate of drug-likeness (QED) is 0.253. The van der Waals surface area contributed by atoms with Gasteiger partial charge in [0.2, 0.25) is 5.95 Å². The second-order valence-electron chi connectivity index (χ2n) is 6.76. The maximum Gasteiger partial charge on any atom is 0.319 e. The fourth-order valence-corrected chi connectivity index (χ4v) is 2.92. The van der Waals surface area contributed by atoms with Gasteiger partial charge in [-0.1, -0.05) is 0 Å². The number of hydrogen-bond donors (Lipinski definition) is 5. The molecule has 2 amide bonds. The highest BCUT2D eigenvalue weighted by Gasteiger charge is 2.09. The molecule has 1 heterocycles. The van der Waals surface area contributed by atoms with Crippen molar-refractivity contribution < 1.29 is 19.4 Å². The van der Waals surface area contributed by atoms with Crippen molar-refractivity contribution in [3.8, 4) is 22.8 Å². The van der Waals surface area contributed by atoms with Crippen LogP contribution in [0.2, 0.25) is 0 Å². The summed E-state index contributed by atoms with van der Waals surface area (Å²) in [5, 5.41) is 17.4. The summed E-state index contributed by atoms with van der Waals surface area (Å²) in [5.74, 6) is 1.50. The van der Waals surface area contributed by atoms with Gasteiger partial charge in [0.15, 0.2) is 0 Å². The normalized spacial score (nSPS) is 10.3. The number of amides is 2. The number of hydrogen-bond acceptors (Lipinski definition) is 8. The van der Waals surface area contributed by atoms with E-state index in [9.17, 15) is 4.79 Å². The lowest BCUT2D eigenvalue weighted by molar-refractivity contribution is 0.249. The van der Waals surface area contributed by atoms with Crippen LogP contribution < -0.4 is 31.2 Å². The van der Waals surface area contributed by atoms with Gasteiger partial charge in [-0.25, -0.2) is 14.8 Å². The van der Waals surface area contributed by atoms with Gasteiger partial charge in [-0.15, -0.1) is 0 Å². The summed E-state index contributed by atoms with van der Waals surface area (Å²) in [6.07, 6.45) is 2.12. The molecule has 0 aliphatic heterocycles. The molecule has 0 radical (unpaired) electrons. The van der Waals surface area contributed by atoms with Crippen molar-refractivity contribution >= 4 is 29.0 Å². The van der Waals surface area contributed by atoms with Gasteiger partial charge in [-0.3, -0.25) is 0 Å². The number of carbonyl (C=O) groups excluding carboxylic acids is 1. The van der Waals surface area contributed by atoms with Crippen molar-refractivity contribution in [3.05, 3.63) is 48.7 Å². The second-order valence-corrected chi connectivity index (χ2v) is 6.76. The van der Waals surface area contributed by atoms with E-state index in [1.54, 1.807) is 49.7 Å². The number of anilines is 4. The van der Waals surface area contributed by atoms with Crippen molar-refractivity contribution in [1.82, 2.24) is 15.3 Å². The Bertz CT molecular complexity index is 1080. The maximum atomic E-state index is 12.0. The van der Waals surface area contributed by atoms with Gasteiger partial charge in [-0.2, -0.15) is 0 Å². The molecule has 3 aromatic rings. The first-order valence-electron chi connectivity index (χ1n) is 9.91. The number of rotatable bonds is 9. The van der Waals surface area contributed by atoms with Crippen LogP contribution in [-0.4, -0.2) is 48.5 Å². The Morgan fingerprint density at radius 3 is 2.62 bits per heavy atom. The lowest BCUT2D eigenvalue weighted by atomic mass is 10.1. The molecular weight excluding hydrogens is 412 g/mol. The zero-order chi connectivity index (χ0) is 22.9. The van der Waals surface area contributed by atoms with Crippen molar-refractivity contribution in [2.45, 2.75) is 6.42 Å². The first-order valence-corrected chi connectivity index (χ1v) is 9.91. The van der Waals surface area contributed by atoms with Gasteiger partial charge in [0.05, 0.1) is 25.6 Å². The van der Waals surface area contributed by atoms with E-state index in [1.807, 2.05) is 6.07 Å². The van der Waals surface area contributed by atoms with E-state index < -0.39 is 0 Å². The highest BCUT2D eigenvalue weighted by atomic mass is 16.5. The van der Waals surface area contributed by atoms with Crippen LogP contribution in [0.5, 0.6) is 11.5 Å². The Morgan fingerprint density at radius 1 is 1.09 bits per heavy atom. The van der Waals surface area contributed by atoms with Crippen LogP contribution in [0.3, 0.4) is 0 Å². The third-order valence-corrected chi connectivity index (χ3v) is 4.46. The van der Waals surface area contributed by atoms with Crippen molar-refractivity contribution in [1.29, 1.82) is 0 Å². The van der Waals surface area contributed by atoms with E-state index in [0.29, 0.717) is 53.2 Å². The average molecular weight is 438 g/mol. The zero-order valence-electron chi connectivity index (χ0n) is 17.9. The van der Waals surface area contributed by atoms with E-state index >= 15 is 0 Å². The fourth-order valence-electron chi connectivity index (χ4n) is 2.92. The molecule has 0 spiro atoms. The number of nitrogens with zero attached hydrogens (tertiary/aromatic N) is 2. The Morgan fingerprint density at radius 2 is 1.91 bits per heavy atom. The molecule has 0 fully saturated rings. The number of urea groups is 1. The SMILES string of the molecule is COc1cc(NC(=O)NCCCO)cc(Nc2nccc(-c3ccc(OC)c(N)c3)n2)c1. The lowest BCUT2D eigenvalue weighted by Crippen LogP contribution is -2.29. The number of aromatic nitrogens is 2. The van der Waals surface area contributed by atoms with Crippen molar-refractivity contribution in [2.75, 3.05) is 43.7 Å². The number of aliphatic hydroxyl groups is 1. The number of nitrogens with two attached hydrogens (primary N) is 1. The molecule has 6 N–H and O–H groups in total. The number of carbonyl (C=O) groups is 1. The number of benzene rings is 2. The minimum atomic E-state index is -0.381. The molecular formula is C22H26N6O4. The molecule has 0 aliphatic carbocycles. The molecule has 3 rings (SSSR count). The molecule has 1 aromatic heterocycles. The van der Waals surface area contributed by atoms with Crippen LogP contribution in [-0.2, 0) is 0 Å². The van der Waals surface area contributed by atoms with E-state index in [1.165, 1.54) is 7.11 Å². The van der Waals surface area contributed by atoms with E-state index in [-0.39, 0.29) is 12.6 Å². The standard InChI is InChI=1S/C22H26N6O4/c1-31-17-12-15(11-16(13-17)27-22(30)25-7-3-9-29)26-21-24-8-6-19(28-21)14-4-5-20(32-2)18(23)10-14/h4-6,8,10-13,29H,3,7,9,23H2,1-2H3,(H,24,26,28)(H2,25,27,30). The number of ether oxygens (including phenoxy) is 2. The zero-order valence-corrected chi connectivity index (χ0v) is 17.9. The molecule has 2 aromatic carbocycles. The summed E-state index contributed by atoms with van der Waals surface area (Å²) in [4.78, 5) is 20.8. The summed E-state index contributed by atoms with van der Waals surface area (Å²) < 4.78 is 10.5. The van der Waals surface area contributed by atoms with Gasteiger partial charge in [0.25, 0.3) is 0 Å². The third-order valence-electron chi connectivity index (χ3n) is 4.46. The number of nitrogens with one attached hydrogen (secondary N) is 3. The molecule has 0 atom stereocenters. The fraction of sp³-hybridized carbons (Fsp3) is 0.227. The molecule has 10 nitrogen and oxygen atoms in total. The van der Waals surface area contributed by atoms with E-state index in [2.05, 4.69) is 25.9 Å². The Kier molecular flexibility index (Phi) is 7.65. The molecule has 10 heteroatoms. The Balaban J connectivity index is 1.78. The summed E-state index contributed by atoms with van der Waals surface area (Å²) in [6, 6.07) is 12.0. The number of aliphatic hydroxyl groups excluding tert-OH is 1. The van der Waals surface area contributed by atoms with Crippen LogP contribution in [0, 0.1) is 0 Å². The van der Waals surface area contributed by atoms with Gasteiger partial charge in [0, 0.05) is 48.4 Å². The first kappa shape index (κ1) is 22.6. The summed E-state index contributed by atoms with van der Waals surface area (Å²) in [5.41, 5.74) is 9.17. The molecule has 0 unspecified atom stereocenters. The van der Waals surface area contributed by atoms with Crippen LogP contribution in [0.4, 0.5) is 27.8 Å². The maximum absolute atomic E-state index is 12.0. The predicted octanol–water partition coefficient (Wildman–Crippen LogP) is 2.99. The van der Waals surface area contributed by atoms with Crippen molar-refractivity contribution in [3.63, 3.8) is 0 Å². The second kappa shape index (κ2) is 10.8. The van der Waals surface area contributed by atoms with Crippen molar-refractivity contribution in [2.24, 2.45) is 0 Å². The van der Waals surface area contributed by atoms with Gasteiger partial charge < -0.3 is 36.3 Å². The molecule has 32 heavy (non-hydrogen) atoms. The topological polar surface area (TPSA) is 144 Å². The van der Waals surface area contributed by atoms with E-state index in [0.717, 1.165) is 5.56 Å². The number of nitrogen functional groups attached to an aromatic ring is 1. The van der Waals surface area contributed by atoms with Gasteiger partial charge in [0.1, 0.15) is 11.5 Å². The minimum absolute atomic E-state index is 0.00961. The molecule has 0 bridgehead atoms. The average Bonchev–Trinajstić information content (AvgIpc) is 2.79. The van der Waals surface area contributed by atoms with Gasteiger partial charge in [-0.05, 0) is 36.8 Å². The first-order chi connectivity index (χ1) is 15.5. The Labute approximate surface area is 185 Å². The predicted molar refractivity (Wildman–Crippen MR) is 123 cm³/mol. The molecule has 0 aliphatic rings. The molecule has 168 valence electrons. The largest absolute Gasteiger partial charge is 0.497 e. The Hall–Kier alpha value is -4.05. The van der Waals surface area contributed by atoms with Crippen LogP contribution in [0.25, 0.3) is 11.3 Å². The molecule has 0 saturated carbocycles. The monoisotopic (exact) mass is 438 g/mol. The smallest absolute Gasteiger partial charge is 0.319 e. The van der Waals surface area contributed by atoms with Crippen LogP contribution in [0.1, 0.15) is 6.42 Å². The van der Waals surface area contributed by atoms with E-state index in [4.69, 9.17) is 20.3 Å².